The number of carboxylic acids is 1. The highest BCUT2D eigenvalue weighted by Crippen LogP contribution is 2.26. The number of carbonyl (C=O) groups is 1. The van der Waals surface area contributed by atoms with Crippen molar-refractivity contribution >= 4 is 5.97 Å². The monoisotopic (exact) mass is 372 g/mol. The van der Waals surface area contributed by atoms with Gasteiger partial charge in [-0.05, 0) is 36.2 Å². The fourth-order valence-corrected chi connectivity index (χ4v) is 3.04. The topological polar surface area (TPSA) is 46.5 Å². The number of halogens is 1. The van der Waals surface area contributed by atoms with E-state index in [2.05, 4.69) is 6.92 Å². The van der Waals surface area contributed by atoms with Gasteiger partial charge in [0.15, 0.2) is 0 Å². The van der Waals surface area contributed by atoms with Gasteiger partial charge in [-0.3, -0.25) is 0 Å². The Kier molecular flexibility index (Phi) is 8.82. The van der Waals surface area contributed by atoms with Gasteiger partial charge in [0.25, 0.3) is 0 Å². The predicted molar refractivity (Wildman–Crippen MR) is 107 cm³/mol. The Hall–Kier alpha value is -2.36. The Morgan fingerprint density at radius 3 is 2.15 bits per heavy atom. The van der Waals surface area contributed by atoms with Crippen LogP contribution in [0.5, 0.6) is 5.75 Å². The molecule has 0 amide bonds. The molecule has 0 fully saturated rings. The van der Waals surface area contributed by atoms with E-state index >= 15 is 0 Å². The Balaban J connectivity index is 1.75. The molecule has 0 bridgehead atoms. The zero-order valence-electron chi connectivity index (χ0n) is 16.0. The largest absolute Gasteiger partial charge is 0.494 e. The minimum absolute atomic E-state index is 0.0541. The average molecular weight is 372 g/mol. The van der Waals surface area contributed by atoms with Crippen LogP contribution in [0.25, 0.3) is 11.1 Å². The number of hydrogen-bond donors (Lipinski definition) is 1. The maximum atomic E-state index is 14.1. The van der Waals surface area contributed by atoms with Crippen LogP contribution < -0.4 is 4.74 Å². The minimum Gasteiger partial charge on any atom is -0.494 e. The molecule has 0 atom stereocenters. The summed E-state index contributed by atoms with van der Waals surface area (Å²) >= 11 is 0. The third-order valence-electron chi connectivity index (χ3n) is 4.65. The fourth-order valence-electron chi connectivity index (χ4n) is 3.04. The molecule has 3 nitrogen and oxygen atoms in total. The summed E-state index contributed by atoms with van der Waals surface area (Å²) in [6.07, 6.45) is 10.1. The molecule has 1 N–H and O–H groups in total. The Morgan fingerprint density at radius 2 is 1.56 bits per heavy atom. The van der Waals surface area contributed by atoms with Gasteiger partial charge >= 0.3 is 5.97 Å². The van der Waals surface area contributed by atoms with E-state index in [9.17, 15) is 9.18 Å². The van der Waals surface area contributed by atoms with Crippen LogP contribution >= 0.6 is 0 Å². The summed E-state index contributed by atoms with van der Waals surface area (Å²) in [4.78, 5) is 10.9. The molecule has 0 aliphatic heterocycles. The first-order valence-electron chi connectivity index (χ1n) is 9.88. The van der Waals surface area contributed by atoms with Gasteiger partial charge in [-0.1, -0.05) is 70.1 Å². The van der Waals surface area contributed by atoms with Gasteiger partial charge in [0.2, 0.25) is 0 Å². The Morgan fingerprint density at radius 1 is 0.926 bits per heavy atom. The number of carboxylic acid groups (broad SMARTS) is 1. The molecule has 0 radical (unpaired) electrons. The number of unbranched alkanes of at least 4 members (excludes halogenated alkanes) is 7. The van der Waals surface area contributed by atoms with Crippen molar-refractivity contribution in [3.05, 3.63) is 53.8 Å². The molecule has 0 aliphatic rings. The van der Waals surface area contributed by atoms with Crippen LogP contribution in [-0.2, 0) is 0 Å². The molecule has 2 aromatic rings. The summed E-state index contributed by atoms with van der Waals surface area (Å²) in [5, 5.41) is 8.91. The first-order valence-corrected chi connectivity index (χ1v) is 9.88. The van der Waals surface area contributed by atoms with E-state index in [0.717, 1.165) is 18.2 Å². The van der Waals surface area contributed by atoms with Crippen molar-refractivity contribution in [1.29, 1.82) is 0 Å². The van der Waals surface area contributed by atoms with E-state index in [1.165, 1.54) is 57.1 Å². The number of hydrogen-bond acceptors (Lipinski definition) is 2. The number of aromatic carboxylic acids is 1. The van der Waals surface area contributed by atoms with Crippen molar-refractivity contribution in [3.63, 3.8) is 0 Å². The van der Waals surface area contributed by atoms with Gasteiger partial charge < -0.3 is 9.84 Å². The van der Waals surface area contributed by atoms with Crippen LogP contribution in [0.15, 0.2) is 42.5 Å². The first kappa shape index (κ1) is 20.9. The molecule has 2 aromatic carbocycles. The minimum atomic E-state index is -1.13. The van der Waals surface area contributed by atoms with E-state index in [1.807, 2.05) is 12.1 Å². The summed E-state index contributed by atoms with van der Waals surface area (Å²) in [7, 11) is 0. The third-order valence-corrected chi connectivity index (χ3v) is 4.65. The SMILES string of the molecule is CCCCCCCCCCOc1ccc(-c2ccc(C(=O)O)cc2F)cc1. The van der Waals surface area contributed by atoms with E-state index in [4.69, 9.17) is 9.84 Å². The lowest BCUT2D eigenvalue weighted by Gasteiger charge is -2.08. The maximum Gasteiger partial charge on any atom is 0.335 e. The lowest BCUT2D eigenvalue weighted by molar-refractivity contribution is 0.0696. The highest BCUT2D eigenvalue weighted by Gasteiger charge is 2.10. The number of benzene rings is 2. The molecule has 0 aromatic heterocycles. The lowest BCUT2D eigenvalue weighted by atomic mass is 10.0. The van der Waals surface area contributed by atoms with Crippen molar-refractivity contribution in [1.82, 2.24) is 0 Å². The van der Waals surface area contributed by atoms with Crippen LogP contribution in [0, 0.1) is 5.82 Å². The molecule has 0 spiro atoms. The van der Waals surface area contributed by atoms with Crippen LogP contribution in [0.3, 0.4) is 0 Å². The molecular weight excluding hydrogens is 343 g/mol. The van der Waals surface area contributed by atoms with Gasteiger partial charge in [0, 0.05) is 5.56 Å². The maximum absolute atomic E-state index is 14.1. The van der Waals surface area contributed by atoms with Crippen molar-refractivity contribution in [3.8, 4) is 16.9 Å². The number of ether oxygens (including phenoxy) is 1. The zero-order valence-corrected chi connectivity index (χ0v) is 16.0. The Labute approximate surface area is 161 Å². The highest BCUT2D eigenvalue weighted by molar-refractivity contribution is 5.88. The quantitative estimate of drug-likeness (QED) is 0.421. The fraction of sp³-hybridized carbons (Fsp3) is 0.435. The molecule has 0 saturated heterocycles. The second-order valence-electron chi connectivity index (χ2n) is 6.85. The third kappa shape index (κ3) is 7.05. The van der Waals surface area contributed by atoms with Crippen LogP contribution in [0.2, 0.25) is 0 Å². The van der Waals surface area contributed by atoms with E-state index in [1.54, 1.807) is 12.1 Å². The molecule has 4 heteroatoms. The van der Waals surface area contributed by atoms with Gasteiger partial charge in [-0.25, -0.2) is 9.18 Å². The van der Waals surface area contributed by atoms with E-state index < -0.39 is 11.8 Å². The molecule has 2 rings (SSSR count). The second kappa shape index (κ2) is 11.4. The van der Waals surface area contributed by atoms with Gasteiger partial charge in [0.1, 0.15) is 11.6 Å². The van der Waals surface area contributed by atoms with Gasteiger partial charge in [0.05, 0.1) is 12.2 Å². The zero-order chi connectivity index (χ0) is 19.5. The van der Waals surface area contributed by atoms with Crippen molar-refractivity contribution < 1.29 is 19.0 Å². The standard InChI is InChI=1S/C23H29FO3/c1-2-3-4-5-6-7-8-9-16-27-20-13-10-18(11-14-20)21-15-12-19(23(25)26)17-22(21)24/h10-15,17H,2-9,16H2,1H3,(H,25,26). The predicted octanol–water partition coefficient (Wildman–Crippen LogP) is 6.71. The molecule has 27 heavy (non-hydrogen) atoms. The number of rotatable bonds is 12. The van der Waals surface area contributed by atoms with E-state index in [0.29, 0.717) is 17.7 Å². The smallest absolute Gasteiger partial charge is 0.335 e. The molecule has 146 valence electrons. The Bertz CT molecular complexity index is 710. The molecular formula is C23H29FO3. The lowest BCUT2D eigenvalue weighted by Crippen LogP contribution is -1.98. The summed E-state index contributed by atoms with van der Waals surface area (Å²) in [6, 6.07) is 11.2. The molecule has 0 unspecified atom stereocenters. The summed E-state index contributed by atoms with van der Waals surface area (Å²) in [6.45, 7) is 2.92. The van der Waals surface area contributed by atoms with Crippen LogP contribution in [0.1, 0.15) is 68.6 Å². The summed E-state index contributed by atoms with van der Waals surface area (Å²) in [5.41, 5.74) is 1.03. The summed E-state index contributed by atoms with van der Waals surface area (Å²) in [5.74, 6) is -0.906. The van der Waals surface area contributed by atoms with E-state index in [-0.39, 0.29) is 5.56 Å². The normalized spacial score (nSPS) is 10.7. The van der Waals surface area contributed by atoms with Crippen LogP contribution in [0.4, 0.5) is 4.39 Å². The highest BCUT2D eigenvalue weighted by atomic mass is 19.1. The first-order chi connectivity index (χ1) is 13.1. The average Bonchev–Trinajstić information content (AvgIpc) is 2.67. The van der Waals surface area contributed by atoms with Crippen LogP contribution in [-0.4, -0.2) is 17.7 Å². The summed E-state index contributed by atoms with van der Waals surface area (Å²) < 4.78 is 19.9. The molecule has 0 saturated carbocycles. The molecule has 0 aliphatic carbocycles. The van der Waals surface area contributed by atoms with Gasteiger partial charge in [-0.2, -0.15) is 0 Å². The van der Waals surface area contributed by atoms with Crippen molar-refractivity contribution in [2.75, 3.05) is 6.61 Å². The van der Waals surface area contributed by atoms with Gasteiger partial charge in [-0.15, -0.1) is 0 Å². The van der Waals surface area contributed by atoms with Crippen molar-refractivity contribution in [2.24, 2.45) is 0 Å². The van der Waals surface area contributed by atoms with Crippen molar-refractivity contribution in [2.45, 2.75) is 58.3 Å². The molecule has 0 heterocycles. The second-order valence-corrected chi connectivity index (χ2v) is 6.85.